The van der Waals surface area contributed by atoms with Gasteiger partial charge in [0, 0.05) is 23.9 Å². The number of rotatable bonds is 4. The number of carbonyl (C=O) groups is 1. The minimum atomic E-state index is -0.560. The highest BCUT2D eigenvalue weighted by Crippen LogP contribution is 2.39. The number of aromatic nitrogens is 2. The predicted molar refractivity (Wildman–Crippen MR) is 117 cm³/mol. The standard InChI is InChI=1S/C23H21N5O3/c29-22(19-10-9-16-5-1-3-7-18(16)24-19)26-25-21-17-6-2-4-8-20(17)28(23(21)30)15-27-11-13-31-14-12-27/h1-10,30H,11-15H2. The largest absolute Gasteiger partial charge is 0.493 e. The van der Waals surface area contributed by atoms with Crippen molar-refractivity contribution in [1.82, 2.24) is 14.5 Å². The average Bonchev–Trinajstić information content (AvgIpc) is 3.08. The number of amides is 1. The Hall–Kier alpha value is -3.62. The molecule has 1 fully saturated rings. The van der Waals surface area contributed by atoms with Crippen molar-refractivity contribution in [2.75, 3.05) is 26.3 Å². The molecule has 0 unspecified atom stereocenters. The second-order valence-corrected chi connectivity index (χ2v) is 7.38. The normalized spacial score (nSPS) is 15.2. The van der Waals surface area contributed by atoms with Crippen molar-refractivity contribution in [1.29, 1.82) is 0 Å². The van der Waals surface area contributed by atoms with E-state index >= 15 is 0 Å². The first-order chi connectivity index (χ1) is 15.2. The molecule has 31 heavy (non-hydrogen) atoms. The number of ether oxygens (including phenoxy) is 1. The maximum Gasteiger partial charge on any atom is 0.313 e. The average molecular weight is 415 g/mol. The fourth-order valence-electron chi connectivity index (χ4n) is 3.79. The number of benzene rings is 2. The van der Waals surface area contributed by atoms with Gasteiger partial charge in [-0.1, -0.05) is 42.5 Å². The van der Waals surface area contributed by atoms with Crippen LogP contribution < -0.4 is 0 Å². The first-order valence-corrected chi connectivity index (χ1v) is 10.1. The fourth-order valence-corrected chi connectivity index (χ4v) is 3.79. The molecular formula is C23H21N5O3. The number of carbonyl (C=O) groups excluding carboxylic acids is 1. The minimum absolute atomic E-state index is 0.0179. The van der Waals surface area contributed by atoms with Crippen molar-refractivity contribution in [3.8, 4) is 5.88 Å². The van der Waals surface area contributed by atoms with Crippen molar-refractivity contribution in [2.24, 2.45) is 10.2 Å². The Balaban J connectivity index is 1.47. The molecule has 0 bridgehead atoms. The summed E-state index contributed by atoms with van der Waals surface area (Å²) in [5.74, 6) is -0.578. The summed E-state index contributed by atoms with van der Waals surface area (Å²) in [6, 6.07) is 18.6. The molecule has 3 heterocycles. The van der Waals surface area contributed by atoms with Crippen LogP contribution in [0.5, 0.6) is 5.88 Å². The molecule has 1 aliphatic rings. The Morgan fingerprint density at radius 3 is 2.68 bits per heavy atom. The van der Waals surface area contributed by atoms with Gasteiger partial charge in [-0.25, -0.2) is 4.98 Å². The topological polar surface area (TPSA) is 92.3 Å². The Labute approximate surface area is 178 Å². The summed E-state index contributed by atoms with van der Waals surface area (Å²) in [6.45, 7) is 3.41. The van der Waals surface area contributed by atoms with Gasteiger partial charge in [0.2, 0.25) is 5.88 Å². The first kappa shape index (κ1) is 19.3. The molecule has 0 spiro atoms. The van der Waals surface area contributed by atoms with Crippen molar-refractivity contribution in [3.05, 3.63) is 66.4 Å². The summed E-state index contributed by atoms with van der Waals surface area (Å²) in [7, 11) is 0. The van der Waals surface area contributed by atoms with Gasteiger partial charge in [-0.15, -0.1) is 10.2 Å². The van der Waals surface area contributed by atoms with E-state index in [0.717, 1.165) is 29.4 Å². The molecular weight excluding hydrogens is 394 g/mol. The van der Waals surface area contributed by atoms with E-state index in [4.69, 9.17) is 4.74 Å². The zero-order valence-electron chi connectivity index (χ0n) is 16.8. The van der Waals surface area contributed by atoms with Gasteiger partial charge in [-0.05, 0) is 18.2 Å². The number of pyridine rings is 1. The van der Waals surface area contributed by atoms with Gasteiger partial charge in [0.1, 0.15) is 5.69 Å². The van der Waals surface area contributed by atoms with Crippen LogP contribution in [0.1, 0.15) is 10.5 Å². The molecule has 0 aliphatic carbocycles. The molecule has 2 aromatic heterocycles. The highest BCUT2D eigenvalue weighted by atomic mass is 16.5. The van der Waals surface area contributed by atoms with E-state index in [9.17, 15) is 9.90 Å². The molecule has 1 saturated heterocycles. The Morgan fingerprint density at radius 2 is 1.81 bits per heavy atom. The lowest BCUT2D eigenvalue weighted by Gasteiger charge is -2.27. The number of azo groups is 1. The lowest BCUT2D eigenvalue weighted by molar-refractivity contribution is 0.0231. The van der Waals surface area contributed by atoms with Gasteiger partial charge < -0.3 is 9.84 Å². The van der Waals surface area contributed by atoms with Crippen LogP contribution in [0.15, 0.2) is 70.9 Å². The number of morpholine rings is 1. The molecule has 0 atom stereocenters. The maximum atomic E-state index is 12.6. The Kier molecular flexibility index (Phi) is 5.15. The smallest absolute Gasteiger partial charge is 0.313 e. The van der Waals surface area contributed by atoms with E-state index < -0.39 is 5.91 Å². The van der Waals surface area contributed by atoms with E-state index in [1.807, 2.05) is 54.6 Å². The van der Waals surface area contributed by atoms with Crippen molar-refractivity contribution in [2.45, 2.75) is 6.67 Å². The van der Waals surface area contributed by atoms with E-state index in [2.05, 4.69) is 20.1 Å². The third-order valence-electron chi connectivity index (χ3n) is 5.42. The summed E-state index contributed by atoms with van der Waals surface area (Å²) in [5.41, 5.74) is 2.03. The van der Waals surface area contributed by atoms with Crippen LogP contribution in [-0.2, 0) is 11.4 Å². The van der Waals surface area contributed by atoms with Gasteiger partial charge in [0.05, 0.1) is 30.9 Å². The van der Waals surface area contributed by atoms with Gasteiger partial charge in [-0.3, -0.25) is 14.3 Å². The van der Waals surface area contributed by atoms with Gasteiger partial charge >= 0.3 is 5.91 Å². The molecule has 8 heteroatoms. The van der Waals surface area contributed by atoms with Crippen molar-refractivity contribution < 1.29 is 14.6 Å². The lowest BCUT2D eigenvalue weighted by Crippen LogP contribution is -2.37. The fraction of sp³-hybridized carbons (Fsp3) is 0.217. The zero-order chi connectivity index (χ0) is 21.2. The SMILES string of the molecule is O=C(N=Nc1c(O)n(CN2CCOCC2)c2ccccc12)c1ccc2ccccc2n1. The second kappa shape index (κ2) is 8.25. The van der Waals surface area contributed by atoms with Crippen molar-refractivity contribution in [3.63, 3.8) is 0 Å². The van der Waals surface area contributed by atoms with E-state index in [1.54, 1.807) is 10.6 Å². The van der Waals surface area contributed by atoms with Crippen LogP contribution in [0.4, 0.5) is 5.69 Å². The number of nitrogens with zero attached hydrogens (tertiary/aromatic N) is 5. The zero-order valence-corrected chi connectivity index (χ0v) is 16.8. The van der Waals surface area contributed by atoms with Crippen molar-refractivity contribution >= 4 is 33.4 Å². The summed E-state index contributed by atoms with van der Waals surface area (Å²) in [6.07, 6.45) is 0. The van der Waals surface area contributed by atoms with Crippen LogP contribution >= 0.6 is 0 Å². The van der Waals surface area contributed by atoms with Crippen LogP contribution in [0.2, 0.25) is 0 Å². The molecule has 1 aliphatic heterocycles. The van der Waals surface area contributed by atoms with E-state index in [0.29, 0.717) is 25.4 Å². The highest BCUT2D eigenvalue weighted by Gasteiger charge is 2.20. The second-order valence-electron chi connectivity index (χ2n) is 7.38. The molecule has 156 valence electrons. The molecule has 1 N–H and O–H groups in total. The molecule has 1 amide bonds. The summed E-state index contributed by atoms with van der Waals surface area (Å²) >= 11 is 0. The van der Waals surface area contributed by atoms with Gasteiger partial charge in [-0.2, -0.15) is 0 Å². The lowest BCUT2D eigenvalue weighted by atomic mass is 10.2. The summed E-state index contributed by atoms with van der Waals surface area (Å²) in [4.78, 5) is 19.2. The first-order valence-electron chi connectivity index (χ1n) is 10.1. The molecule has 5 rings (SSSR count). The number of hydrogen-bond acceptors (Lipinski definition) is 6. The third-order valence-corrected chi connectivity index (χ3v) is 5.42. The monoisotopic (exact) mass is 415 g/mol. The van der Waals surface area contributed by atoms with Gasteiger partial charge in [0.25, 0.3) is 0 Å². The number of para-hydroxylation sites is 2. The van der Waals surface area contributed by atoms with Gasteiger partial charge in [0.15, 0.2) is 5.69 Å². The maximum absolute atomic E-state index is 12.6. The predicted octanol–water partition coefficient (Wildman–Crippen LogP) is 4.11. The number of fused-ring (bicyclic) bond motifs is 2. The van der Waals surface area contributed by atoms with E-state index in [1.165, 1.54) is 0 Å². The summed E-state index contributed by atoms with van der Waals surface area (Å²) in [5, 5.41) is 20.6. The minimum Gasteiger partial charge on any atom is -0.493 e. The molecule has 0 radical (unpaired) electrons. The van der Waals surface area contributed by atoms with E-state index in [-0.39, 0.29) is 17.3 Å². The summed E-state index contributed by atoms with van der Waals surface area (Å²) < 4.78 is 7.19. The van der Waals surface area contributed by atoms with Crippen LogP contribution in [0, 0.1) is 0 Å². The third kappa shape index (κ3) is 3.78. The molecule has 8 nitrogen and oxygen atoms in total. The van der Waals surface area contributed by atoms with Crippen LogP contribution in [0.25, 0.3) is 21.8 Å². The molecule has 4 aromatic rings. The van der Waals surface area contributed by atoms with Crippen LogP contribution in [-0.4, -0.2) is 51.8 Å². The quantitative estimate of drug-likeness (QED) is 0.507. The molecule has 2 aromatic carbocycles. The number of aromatic hydroxyl groups is 1. The Bertz CT molecular complexity index is 1290. The molecule has 0 saturated carbocycles. The number of hydrogen-bond donors (Lipinski definition) is 1. The highest BCUT2D eigenvalue weighted by molar-refractivity contribution is 5.97. The Morgan fingerprint density at radius 1 is 1.03 bits per heavy atom. The van der Waals surface area contributed by atoms with Crippen LogP contribution in [0.3, 0.4) is 0 Å².